The third-order valence-corrected chi connectivity index (χ3v) is 8.74. The lowest BCUT2D eigenvalue weighted by Crippen LogP contribution is -2.50. The average molecular weight is 639 g/mol. The van der Waals surface area contributed by atoms with Gasteiger partial charge in [0.05, 0.1) is 36.2 Å². The summed E-state index contributed by atoms with van der Waals surface area (Å²) in [5.74, 6) is 0.495. The summed E-state index contributed by atoms with van der Waals surface area (Å²) < 4.78 is 5.95. The van der Waals surface area contributed by atoms with Crippen LogP contribution in [0.15, 0.2) is 109 Å². The minimum atomic E-state index is -0.466. The van der Waals surface area contributed by atoms with Crippen LogP contribution >= 0.6 is 0 Å². The van der Waals surface area contributed by atoms with Gasteiger partial charge in [0, 0.05) is 49.0 Å². The molecule has 1 N–H and O–H groups in total. The Morgan fingerprint density at radius 2 is 1.65 bits per heavy atom. The van der Waals surface area contributed by atoms with E-state index in [-0.39, 0.29) is 24.7 Å². The van der Waals surface area contributed by atoms with Gasteiger partial charge in [-0.05, 0) is 48.4 Å². The molecule has 6 rings (SSSR count). The van der Waals surface area contributed by atoms with Crippen LogP contribution in [0.3, 0.4) is 0 Å². The predicted molar refractivity (Wildman–Crippen MR) is 184 cm³/mol. The van der Waals surface area contributed by atoms with E-state index in [9.17, 15) is 14.9 Å². The third kappa shape index (κ3) is 8.03. The van der Waals surface area contributed by atoms with E-state index in [1.54, 1.807) is 6.20 Å². The van der Waals surface area contributed by atoms with Gasteiger partial charge >= 0.3 is 0 Å². The summed E-state index contributed by atoms with van der Waals surface area (Å²) in [6, 6.07) is 34.4. The molecule has 1 aliphatic heterocycles. The third-order valence-electron chi connectivity index (χ3n) is 8.74. The monoisotopic (exact) mass is 638 g/mol. The molecule has 0 spiro atoms. The lowest BCUT2D eigenvalue weighted by Gasteiger charge is -2.37. The fourth-order valence-electron chi connectivity index (χ4n) is 6.08. The molecule has 9 heteroatoms. The Bertz CT molecular complexity index is 1900. The summed E-state index contributed by atoms with van der Waals surface area (Å²) in [7, 11) is 0. The second kappa shape index (κ2) is 15.3. The molecular formula is C39H38N6O3. The van der Waals surface area contributed by atoms with E-state index in [2.05, 4.69) is 26.3 Å². The van der Waals surface area contributed by atoms with Crippen LogP contribution in [0.2, 0.25) is 0 Å². The maximum atomic E-state index is 13.5. The number of nitrogens with zero attached hydrogens (tertiary/aromatic N) is 5. The fourth-order valence-corrected chi connectivity index (χ4v) is 6.08. The van der Waals surface area contributed by atoms with E-state index in [4.69, 9.17) is 4.74 Å². The van der Waals surface area contributed by atoms with Crippen molar-refractivity contribution in [3.8, 4) is 11.8 Å². The molecule has 2 atom stereocenters. The first-order chi connectivity index (χ1) is 23.5. The molecular weight excluding hydrogens is 600 g/mol. The van der Waals surface area contributed by atoms with Gasteiger partial charge in [-0.3, -0.25) is 19.5 Å². The number of amides is 2. The summed E-state index contributed by atoms with van der Waals surface area (Å²) in [5, 5.41) is 14.1. The highest BCUT2D eigenvalue weighted by Crippen LogP contribution is 2.25. The standard InChI is InChI=1S/C39H38N6O3/c1-28-34(11-7-19-41-28)37(26-40)44-20-22-45(23-21-44)39(47)25-36(30-8-3-2-4-9-30)43-38(46)24-29-13-17-33(18-14-29)48-27-32-16-15-31-10-5-6-12-35(31)42-32/h2-19,36-37H,20-25,27H2,1H3,(H,43,46). The summed E-state index contributed by atoms with van der Waals surface area (Å²) in [5.41, 5.74) is 5.22. The first-order valence-corrected chi connectivity index (χ1v) is 16.2. The van der Waals surface area contributed by atoms with Crippen molar-refractivity contribution >= 4 is 22.7 Å². The number of benzene rings is 3. The van der Waals surface area contributed by atoms with Crippen molar-refractivity contribution in [2.24, 2.45) is 0 Å². The number of hydrogen-bond acceptors (Lipinski definition) is 7. The van der Waals surface area contributed by atoms with Crippen LogP contribution < -0.4 is 10.1 Å². The molecule has 242 valence electrons. The van der Waals surface area contributed by atoms with Crippen LogP contribution in [-0.2, 0) is 22.6 Å². The molecule has 1 aliphatic rings. The van der Waals surface area contributed by atoms with E-state index in [1.165, 1.54) is 0 Å². The molecule has 2 unspecified atom stereocenters. The number of ether oxygens (including phenoxy) is 1. The maximum absolute atomic E-state index is 13.5. The molecule has 3 heterocycles. The topological polar surface area (TPSA) is 111 Å². The van der Waals surface area contributed by atoms with Crippen molar-refractivity contribution in [2.45, 2.75) is 38.5 Å². The molecule has 1 fully saturated rings. The Balaban J connectivity index is 1.03. The minimum absolute atomic E-state index is 0.0303. The van der Waals surface area contributed by atoms with E-state index in [1.807, 2.05) is 115 Å². The lowest BCUT2D eigenvalue weighted by atomic mass is 10.0. The number of rotatable bonds is 11. The Hall–Kier alpha value is -5.59. The van der Waals surface area contributed by atoms with Gasteiger partial charge < -0.3 is 15.0 Å². The molecule has 3 aromatic carbocycles. The van der Waals surface area contributed by atoms with Crippen molar-refractivity contribution in [1.29, 1.82) is 5.26 Å². The maximum Gasteiger partial charge on any atom is 0.225 e. The first-order valence-electron chi connectivity index (χ1n) is 16.2. The zero-order valence-corrected chi connectivity index (χ0v) is 27.0. The van der Waals surface area contributed by atoms with Gasteiger partial charge in [0.2, 0.25) is 11.8 Å². The van der Waals surface area contributed by atoms with Crippen molar-refractivity contribution < 1.29 is 14.3 Å². The number of hydrogen-bond donors (Lipinski definition) is 1. The quantitative estimate of drug-likeness (QED) is 0.197. The van der Waals surface area contributed by atoms with E-state index in [0.29, 0.717) is 38.5 Å². The zero-order chi connectivity index (χ0) is 33.3. The summed E-state index contributed by atoms with van der Waals surface area (Å²) >= 11 is 0. The predicted octanol–water partition coefficient (Wildman–Crippen LogP) is 5.72. The normalized spacial score (nSPS) is 14.5. The molecule has 5 aromatic rings. The zero-order valence-electron chi connectivity index (χ0n) is 27.0. The summed E-state index contributed by atoms with van der Waals surface area (Å²) in [6.45, 7) is 4.44. The van der Waals surface area contributed by atoms with Gasteiger partial charge in [0.15, 0.2) is 0 Å². The van der Waals surface area contributed by atoms with Gasteiger partial charge in [0.25, 0.3) is 0 Å². The molecule has 9 nitrogen and oxygen atoms in total. The number of fused-ring (bicyclic) bond motifs is 1. The number of pyridine rings is 2. The van der Waals surface area contributed by atoms with Crippen molar-refractivity contribution in [3.05, 3.63) is 137 Å². The van der Waals surface area contributed by atoms with Crippen LogP contribution in [0.5, 0.6) is 5.75 Å². The van der Waals surface area contributed by atoms with Gasteiger partial charge in [-0.2, -0.15) is 5.26 Å². The molecule has 2 amide bonds. The number of nitriles is 1. The lowest BCUT2D eigenvalue weighted by molar-refractivity contribution is -0.134. The molecule has 0 aliphatic carbocycles. The highest BCUT2D eigenvalue weighted by molar-refractivity contribution is 5.82. The van der Waals surface area contributed by atoms with Crippen LogP contribution in [0, 0.1) is 18.3 Å². The minimum Gasteiger partial charge on any atom is -0.487 e. The first kappa shape index (κ1) is 32.4. The number of piperazine rings is 1. The number of nitrogens with one attached hydrogen (secondary N) is 1. The van der Waals surface area contributed by atoms with Crippen LogP contribution in [0.25, 0.3) is 10.9 Å². The molecule has 1 saturated heterocycles. The smallest absolute Gasteiger partial charge is 0.225 e. The highest BCUT2D eigenvalue weighted by Gasteiger charge is 2.29. The van der Waals surface area contributed by atoms with E-state index in [0.717, 1.165) is 39.0 Å². The Labute approximate surface area is 280 Å². The molecule has 0 bridgehead atoms. The van der Waals surface area contributed by atoms with Crippen LogP contribution in [0.1, 0.15) is 46.6 Å². The van der Waals surface area contributed by atoms with Gasteiger partial charge in [-0.1, -0.05) is 72.8 Å². The fraction of sp³-hybridized carbons (Fsp3) is 0.256. The second-order valence-electron chi connectivity index (χ2n) is 12.0. The largest absolute Gasteiger partial charge is 0.487 e. The number of aryl methyl sites for hydroxylation is 1. The molecule has 2 aromatic heterocycles. The Kier molecular flexibility index (Phi) is 10.3. The van der Waals surface area contributed by atoms with E-state index < -0.39 is 12.1 Å². The number of para-hydroxylation sites is 1. The van der Waals surface area contributed by atoms with Crippen molar-refractivity contribution in [1.82, 2.24) is 25.1 Å². The molecule has 48 heavy (non-hydrogen) atoms. The van der Waals surface area contributed by atoms with Gasteiger partial charge in [-0.25, -0.2) is 4.98 Å². The number of aromatic nitrogens is 2. The van der Waals surface area contributed by atoms with E-state index >= 15 is 0 Å². The van der Waals surface area contributed by atoms with Crippen molar-refractivity contribution in [2.75, 3.05) is 26.2 Å². The second-order valence-corrected chi connectivity index (χ2v) is 12.0. The number of carbonyl (C=O) groups excluding carboxylic acids is 2. The Morgan fingerprint density at radius 3 is 2.40 bits per heavy atom. The van der Waals surface area contributed by atoms with Crippen molar-refractivity contribution in [3.63, 3.8) is 0 Å². The van der Waals surface area contributed by atoms with Crippen LogP contribution in [-0.4, -0.2) is 57.8 Å². The number of carbonyl (C=O) groups is 2. The summed E-state index contributed by atoms with van der Waals surface area (Å²) in [4.78, 5) is 39.7. The van der Waals surface area contributed by atoms with Gasteiger partial charge in [0.1, 0.15) is 18.4 Å². The SMILES string of the molecule is Cc1ncccc1C(C#N)N1CCN(C(=O)CC(NC(=O)Cc2ccc(OCc3ccc4ccccc4n3)cc2)c2ccccc2)CC1. The van der Waals surface area contributed by atoms with Crippen LogP contribution in [0.4, 0.5) is 0 Å². The summed E-state index contributed by atoms with van der Waals surface area (Å²) in [6.07, 6.45) is 2.05. The Morgan fingerprint density at radius 1 is 0.896 bits per heavy atom. The average Bonchev–Trinajstić information content (AvgIpc) is 3.12. The molecule has 0 saturated carbocycles. The highest BCUT2D eigenvalue weighted by atomic mass is 16.5. The van der Waals surface area contributed by atoms with Gasteiger partial charge in [-0.15, -0.1) is 0 Å². The molecule has 0 radical (unpaired) electrons.